The Morgan fingerprint density at radius 3 is 2.26 bits per heavy atom. The molecule has 0 aliphatic rings. The van der Waals surface area contributed by atoms with Gasteiger partial charge in [0.05, 0.1) is 10.6 Å². The normalized spacial score (nSPS) is 11.5. The maximum atomic E-state index is 13.2. The van der Waals surface area contributed by atoms with Gasteiger partial charge in [-0.05, 0) is 54.4 Å². The van der Waals surface area contributed by atoms with Crippen LogP contribution in [0.2, 0.25) is 5.02 Å². The molecule has 0 heterocycles. The van der Waals surface area contributed by atoms with Crippen LogP contribution in [0.25, 0.3) is 0 Å². The first-order chi connectivity index (χ1) is 16.4. The van der Waals surface area contributed by atoms with Crippen molar-refractivity contribution in [3.8, 4) is 0 Å². The van der Waals surface area contributed by atoms with Gasteiger partial charge in [0, 0.05) is 22.7 Å². The zero-order chi connectivity index (χ0) is 24.5. The van der Waals surface area contributed by atoms with Crippen molar-refractivity contribution < 1.29 is 19.5 Å². The molecule has 0 aliphatic heterocycles. The SMILES string of the molecule is CCCCC(=O)Nc1ccc(SC(C(=O)Nc2ccc(Cl)c(C(=O)O)c2)c2ccccc2)cc1. The monoisotopic (exact) mass is 496 g/mol. The highest BCUT2D eigenvalue weighted by molar-refractivity contribution is 8.00. The van der Waals surface area contributed by atoms with E-state index in [-0.39, 0.29) is 22.4 Å². The van der Waals surface area contributed by atoms with E-state index in [0.29, 0.717) is 17.8 Å². The molecule has 0 saturated heterocycles. The largest absolute Gasteiger partial charge is 0.478 e. The molecule has 2 amide bonds. The van der Waals surface area contributed by atoms with E-state index in [0.717, 1.165) is 23.3 Å². The first-order valence-electron chi connectivity index (χ1n) is 10.8. The number of thioether (sulfide) groups is 1. The fourth-order valence-corrected chi connectivity index (χ4v) is 4.41. The Morgan fingerprint density at radius 1 is 0.941 bits per heavy atom. The van der Waals surface area contributed by atoms with E-state index in [1.165, 1.54) is 23.9 Å². The molecule has 0 fully saturated rings. The van der Waals surface area contributed by atoms with Crippen LogP contribution < -0.4 is 10.6 Å². The van der Waals surface area contributed by atoms with Gasteiger partial charge in [-0.15, -0.1) is 11.8 Å². The fourth-order valence-electron chi connectivity index (χ4n) is 3.19. The van der Waals surface area contributed by atoms with Crippen molar-refractivity contribution in [2.45, 2.75) is 36.3 Å². The average molecular weight is 497 g/mol. The number of hydrogen-bond donors (Lipinski definition) is 3. The molecule has 176 valence electrons. The quantitative estimate of drug-likeness (QED) is 0.273. The molecule has 0 saturated carbocycles. The predicted octanol–water partition coefficient (Wildman–Crippen LogP) is 6.64. The minimum absolute atomic E-state index is 0.0208. The van der Waals surface area contributed by atoms with Crippen LogP contribution >= 0.6 is 23.4 Å². The van der Waals surface area contributed by atoms with Crippen LogP contribution in [-0.2, 0) is 9.59 Å². The number of nitrogens with one attached hydrogen (secondary N) is 2. The van der Waals surface area contributed by atoms with Crippen molar-refractivity contribution in [3.05, 3.63) is 88.9 Å². The van der Waals surface area contributed by atoms with Crippen molar-refractivity contribution in [1.82, 2.24) is 0 Å². The molecule has 0 spiro atoms. The molecular formula is C26H25ClN2O4S. The summed E-state index contributed by atoms with van der Waals surface area (Å²) in [5.74, 6) is -1.49. The molecule has 3 aromatic rings. The first kappa shape index (κ1) is 25.3. The van der Waals surface area contributed by atoms with Crippen LogP contribution in [0.4, 0.5) is 11.4 Å². The van der Waals surface area contributed by atoms with Crippen LogP contribution in [0.3, 0.4) is 0 Å². The van der Waals surface area contributed by atoms with E-state index in [4.69, 9.17) is 11.6 Å². The third-order valence-electron chi connectivity index (χ3n) is 4.95. The number of halogens is 1. The Kier molecular flexibility index (Phi) is 9.13. The number of unbranched alkanes of at least 4 members (excludes halogenated alkanes) is 1. The lowest BCUT2D eigenvalue weighted by Crippen LogP contribution is -2.19. The first-order valence-corrected chi connectivity index (χ1v) is 12.1. The summed E-state index contributed by atoms with van der Waals surface area (Å²) in [5, 5.41) is 14.5. The van der Waals surface area contributed by atoms with Crippen molar-refractivity contribution in [2.24, 2.45) is 0 Å². The van der Waals surface area contributed by atoms with Crippen molar-refractivity contribution in [3.63, 3.8) is 0 Å². The van der Waals surface area contributed by atoms with Gasteiger partial charge in [0.2, 0.25) is 11.8 Å². The molecule has 0 radical (unpaired) electrons. The van der Waals surface area contributed by atoms with Gasteiger partial charge in [-0.25, -0.2) is 4.79 Å². The molecule has 0 bridgehead atoms. The van der Waals surface area contributed by atoms with Gasteiger partial charge in [0.25, 0.3) is 0 Å². The smallest absolute Gasteiger partial charge is 0.337 e. The number of anilines is 2. The van der Waals surface area contributed by atoms with Gasteiger partial charge in [-0.1, -0.05) is 55.3 Å². The van der Waals surface area contributed by atoms with Crippen LogP contribution in [0.5, 0.6) is 0 Å². The van der Waals surface area contributed by atoms with Crippen LogP contribution in [-0.4, -0.2) is 22.9 Å². The Morgan fingerprint density at radius 2 is 1.62 bits per heavy atom. The van der Waals surface area contributed by atoms with Crippen LogP contribution in [0.15, 0.2) is 77.7 Å². The van der Waals surface area contributed by atoms with Crippen molar-refractivity contribution in [1.29, 1.82) is 0 Å². The summed E-state index contributed by atoms with van der Waals surface area (Å²) in [6.45, 7) is 2.04. The zero-order valence-electron chi connectivity index (χ0n) is 18.6. The summed E-state index contributed by atoms with van der Waals surface area (Å²) in [6, 6.07) is 21.0. The highest BCUT2D eigenvalue weighted by Gasteiger charge is 2.23. The second-order valence-electron chi connectivity index (χ2n) is 7.57. The minimum atomic E-state index is -1.17. The van der Waals surface area contributed by atoms with Gasteiger partial charge < -0.3 is 15.7 Å². The Bertz CT molecular complexity index is 1150. The number of benzene rings is 3. The number of carbonyl (C=O) groups excluding carboxylic acids is 2. The Hall–Kier alpha value is -3.29. The van der Waals surface area contributed by atoms with Gasteiger partial charge in [-0.3, -0.25) is 9.59 Å². The third-order valence-corrected chi connectivity index (χ3v) is 6.55. The second kappa shape index (κ2) is 12.3. The van der Waals surface area contributed by atoms with Gasteiger partial charge in [-0.2, -0.15) is 0 Å². The maximum Gasteiger partial charge on any atom is 0.337 e. The number of amides is 2. The molecule has 1 atom stereocenters. The predicted molar refractivity (Wildman–Crippen MR) is 137 cm³/mol. The number of aromatic carboxylic acids is 1. The maximum absolute atomic E-state index is 13.2. The molecule has 1 unspecified atom stereocenters. The minimum Gasteiger partial charge on any atom is -0.478 e. The molecule has 34 heavy (non-hydrogen) atoms. The highest BCUT2D eigenvalue weighted by Crippen LogP contribution is 2.37. The number of hydrogen-bond acceptors (Lipinski definition) is 4. The van der Waals surface area contributed by atoms with E-state index in [9.17, 15) is 19.5 Å². The van der Waals surface area contributed by atoms with Crippen LogP contribution in [0, 0.1) is 0 Å². The van der Waals surface area contributed by atoms with Crippen LogP contribution in [0.1, 0.15) is 47.4 Å². The lowest BCUT2D eigenvalue weighted by Gasteiger charge is -2.18. The molecule has 3 aromatic carbocycles. The zero-order valence-corrected chi connectivity index (χ0v) is 20.2. The summed E-state index contributed by atoms with van der Waals surface area (Å²) in [5.41, 5.74) is 1.77. The lowest BCUT2D eigenvalue weighted by molar-refractivity contribution is -0.116. The summed E-state index contributed by atoms with van der Waals surface area (Å²) >= 11 is 7.30. The highest BCUT2D eigenvalue weighted by atomic mass is 35.5. The van der Waals surface area contributed by atoms with Gasteiger partial charge in [0.1, 0.15) is 5.25 Å². The fraction of sp³-hybridized carbons (Fsp3) is 0.192. The second-order valence-corrected chi connectivity index (χ2v) is 9.16. The molecule has 6 nitrogen and oxygen atoms in total. The van der Waals surface area contributed by atoms with E-state index in [1.54, 1.807) is 6.07 Å². The molecule has 3 rings (SSSR count). The summed E-state index contributed by atoms with van der Waals surface area (Å²) in [6.07, 6.45) is 2.28. The third kappa shape index (κ3) is 7.10. The molecule has 0 aromatic heterocycles. The topological polar surface area (TPSA) is 95.5 Å². The van der Waals surface area contributed by atoms with Gasteiger partial charge >= 0.3 is 5.97 Å². The van der Waals surface area contributed by atoms with E-state index >= 15 is 0 Å². The molecule has 8 heteroatoms. The van der Waals surface area contributed by atoms with E-state index in [1.807, 2.05) is 61.5 Å². The molecular weight excluding hydrogens is 472 g/mol. The number of carbonyl (C=O) groups is 3. The number of carboxylic acid groups (broad SMARTS) is 1. The lowest BCUT2D eigenvalue weighted by atomic mass is 10.1. The summed E-state index contributed by atoms with van der Waals surface area (Å²) < 4.78 is 0. The van der Waals surface area contributed by atoms with E-state index < -0.39 is 11.2 Å². The van der Waals surface area contributed by atoms with Crippen molar-refractivity contribution >= 4 is 52.5 Å². The summed E-state index contributed by atoms with van der Waals surface area (Å²) in [7, 11) is 0. The molecule has 3 N–H and O–H groups in total. The molecule has 0 aliphatic carbocycles. The summed E-state index contributed by atoms with van der Waals surface area (Å²) in [4.78, 5) is 37.4. The van der Waals surface area contributed by atoms with Crippen molar-refractivity contribution in [2.75, 3.05) is 10.6 Å². The standard InChI is InChI=1S/C26H25ClN2O4S/c1-2-3-9-23(30)28-18-10-13-20(14-11-18)34-24(17-7-5-4-6-8-17)25(31)29-19-12-15-22(27)21(16-19)26(32)33/h4-8,10-16,24H,2-3,9H2,1H3,(H,28,30)(H,29,31)(H,32,33). The average Bonchev–Trinajstić information content (AvgIpc) is 2.83. The number of rotatable bonds is 10. The number of carboxylic acids is 1. The Balaban J connectivity index is 1.77. The Labute approximate surface area is 207 Å². The van der Waals surface area contributed by atoms with Gasteiger partial charge in [0.15, 0.2) is 0 Å². The van der Waals surface area contributed by atoms with E-state index in [2.05, 4.69) is 10.6 Å².